The van der Waals surface area contributed by atoms with E-state index in [0.29, 0.717) is 0 Å². The molecule has 2 heteroatoms. The number of nitrogens with two attached hydrogens (primary N) is 2. The maximum Gasteiger partial charge on any atom is 0.0725 e. The van der Waals surface area contributed by atoms with Gasteiger partial charge in [-0.15, -0.1) is 0 Å². The first-order chi connectivity index (χ1) is 13.2. The molecule has 2 nitrogen and oxygen atoms in total. The fourth-order valence-electron chi connectivity index (χ4n) is 5.18. The molecule has 0 aromatic heterocycles. The zero-order valence-electron chi connectivity index (χ0n) is 14.7. The summed E-state index contributed by atoms with van der Waals surface area (Å²) < 4.78 is 0. The van der Waals surface area contributed by atoms with Crippen LogP contribution >= 0.6 is 0 Å². The van der Waals surface area contributed by atoms with E-state index < -0.39 is 0 Å². The van der Waals surface area contributed by atoms with Crippen LogP contribution in [0.3, 0.4) is 0 Å². The topological polar surface area (TPSA) is 52.0 Å². The fraction of sp³-hybridized carbons (Fsp3) is 0.0400. The van der Waals surface area contributed by atoms with Gasteiger partial charge in [-0.25, -0.2) is 0 Å². The number of anilines is 2. The number of hydrogen-bond donors (Lipinski definition) is 2. The van der Waals surface area contributed by atoms with Crippen LogP contribution in [0.1, 0.15) is 22.3 Å². The van der Waals surface area contributed by atoms with Gasteiger partial charge in [0, 0.05) is 11.4 Å². The van der Waals surface area contributed by atoms with Crippen molar-refractivity contribution in [1.82, 2.24) is 0 Å². The van der Waals surface area contributed by atoms with Gasteiger partial charge >= 0.3 is 0 Å². The molecule has 4 aromatic carbocycles. The van der Waals surface area contributed by atoms with Gasteiger partial charge in [-0.3, -0.25) is 0 Å². The summed E-state index contributed by atoms with van der Waals surface area (Å²) in [7, 11) is 0. The SMILES string of the molecule is Nc1ccc2c(c1)-c1ccccc1C21c2ccccc2-c2cc(N)ccc21. The van der Waals surface area contributed by atoms with Crippen molar-refractivity contribution in [3.05, 3.63) is 107 Å². The quantitative estimate of drug-likeness (QED) is 0.372. The zero-order chi connectivity index (χ0) is 18.2. The Bertz CT molecular complexity index is 1150. The molecule has 0 aliphatic heterocycles. The van der Waals surface area contributed by atoms with E-state index >= 15 is 0 Å². The van der Waals surface area contributed by atoms with E-state index in [0.717, 1.165) is 11.4 Å². The van der Waals surface area contributed by atoms with Crippen LogP contribution in [0, 0.1) is 0 Å². The van der Waals surface area contributed by atoms with Crippen molar-refractivity contribution in [2.24, 2.45) is 0 Å². The zero-order valence-corrected chi connectivity index (χ0v) is 14.7. The molecule has 27 heavy (non-hydrogen) atoms. The van der Waals surface area contributed by atoms with E-state index in [4.69, 9.17) is 11.5 Å². The van der Waals surface area contributed by atoms with Crippen molar-refractivity contribution >= 4 is 11.4 Å². The summed E-state index contributed by atoms with van der Waals surface area (Å²) in [5.74, 6) is 0. The van der Waals surface area contributed by atoms with Crippen LogP contribution in [0.2, 0.25) is 0 Å². The van der Waals surface area contributed by atoms with E-state index in [1.54, 1.807) is 0 Å². The van der Waals surface area contributed by atoms with Crippen LogP contribution < -0.4 is 11.5 Å². The summed E-state index contributed by atoms with van der Waals surface area (Å²) in [6.45, 7) is 0. The number of hydrogen-bond acceptors (Lipinski definition) is 2. The first kappa shape index (κ1) is 14.6. The standard InChI is InChI=1S/C25H18N2/c26-15-9-11-23-19(13-15)17-5-1-3-7-21(17)25(23)22-8-4-2-6-18(22)20-14-16(27)10-12-24(20)25/h1-14H,26-27H2. The van der Waals surface area contributed by atoms with Gasteiger partial charge in [-0.05, 0) is 68.8 Å². The van der Waals surface area contributed by atoms with Gasteiger partial charge in [0.2, 0.25) is 0 Å². The van der Waals surface area contributed by atoms with Gasteiger partial charge in [0.25, 0.3) is 0 Å². The van der Waals surface area contributed by atoms with Crippen LogP contribution in [-0.2, 0) is 5.41 Å². The van der Waals surface area contributed by atoms with Crippen molar-refractivity contribution in [2.45, 2.75) is 5.41 Å². The number of benzene rings is 4. The van der Waals surface area contributed by atoms with Gasteiger partial charge in [0.1, 0.15) is 0 Å². The van der Waals surface area contributed by atoms with Gasteiger partial charge in [-0.2, -0.15) is 0 Å². The molecular formula is C25H18N2. The Morgan fingerprint density at radius 1 is 0.444 bits per heavy atom. The Kier molecular flexibility index (Phi) is 2.60. The lowest BCUT2D eigenvalue weighted by Crippen LogP contribution is -2.25. The summed E-state index contributed by atoms with van der Waals surface area (Å²) in [5.41, 5.74) is 23.8. The molecule has 0 bridgehead atoms. The lowest BCUT2D eigenvalue weighted by molar-refractivity contribution is 0.794. The molecule has 128 valence electrons. The molecule has 2 aliphatic carbocycles. The summed E-state index contributed by atoms with van der Waals surface area (Å²) in [4.78, 5) is 0. The third kappa shape index (κ3) is 1.61. The van der Waals surface area contributed by atoms with Gasteiger partial charge in [0.15, 0.2) is 0 Å². The van der Waals surface area contributed by atoms with Gasteiger partial charge < -0.3 is 11.5 Å². The number of fused-ring (bicyclic) bond motifs is 10. The highest BCUT2D eigenvalue weighted by atomic mass is 14.6. The number of nitrogen functional groups attached to an aromatic ring is 2. The monoisotopic (exact) mass is 346 g/mol. The van der Waals surface area contributed by atoms with E-state index in [1.165, 1.54) is 44.5 Å². The molecule has 0 fully saturated rings. The molecule has 6 rings (SSSR count). The average molecular weight is 346 g/mol. The molecule has 2 aliphatic rings. The smallest absolute Gasteiger partial charge is 0.0725 e. The molecule has 0 saturated heterocycles. The van der Waals surface area contributed by atoms with Crippen molar-refractivity contribution in [3.8, 4) is 22.3 Å². The minimum absolute atomic E-state index is 0.306. The van der Waals surface area contributed by atoms with Crippen LogP contribution in [-0.4, -0.2) is 0 Å². The highest BCUT2D eigenvalue weighted by Crippen LogP contribution is 2.62. The fourth-order valence-corrected chi connectivity index (χ4v) is 5.18. The second-order valence-corrected chi connectivity index (χ2v) is 7.45. The molecule has 0 heterocycles. The summed E-state index contributed by atoms with van der Waals surface area (Å²) in [6, 6.07) is 30.1. The Morgan fingerprint density at radius 2 is 0.852 bits per heavy atom. The van der Waals surface area contributed by atoms with E-state index in [2.05, 4.69) is 72.8 Å². The van der Waals surface area contributed by atoms with Crippen LogP contribution in [0.5, 0.6) is 0 Å². The lowest BCUT2D eigenvalue weighted by Gasteiger charge is -2.30. The minimum Gasteiger partial charge on any atom is -0.399 e. The van der Waals surface area contributed by atoms with Crippen LogP contribution in [0.15, 0.2) is 84.9 Å². The highest BCUT2D eigenvalue weighted by molar-refractivity contribution is 5.96. The molecule has 0 atom stereocenters. The van der Waals surface area contributed by atoms with E-state index in [9.17, 15) is 0 Å². The van der Waals surface area contributed by atoms with E-state index in [1.807, 2.05) is 12.1 Å². The first-order valence-electron chi connectivity index (χ1n) is 9.21. The predicted octanol–water partition coefficient (Wildman–Crippen LogP) is 5.19. The Labute approximate surface area is 158 Å². The molecule has 0 amide bonds. The second kappa shape index (κ2) is 4.80. The maximum atomic E-state index is 6.17. The molecule has 4 aromatic rings. The minimum atomic E-state index is -0.306. The first-order valence-corrected chi connectivity index (χ1v) is 9.21. The van der Waals surface area contributed by atoms with E-state index in [-0.39, 0.29) is 5.41 Å². The van der Waals surface area contributed by atoms with Crippen molar-refractivity contribution in [2.75, 3.05) is 11.5 Å². The van der Waals surface area contributed by atoms with Crippen molar-refractivity contribution in [1.29, 1.82) is 0 Å². The Hall–Kier alpha value is -3.52. The molecule has 0 saturated carbocycles. The third-order valence-corrected chi connectivity index (χ3v) is 6.14. The Balaban J connectivity index is 1.86. The predicted molar refractivity (Wildman–Crippen MR) is 112 cm³/mol. The van der Waals surface area contributed by atoms with Crippen LogP contribution in [0.4, 0.5) is 11.4 Å². The van der Waals surface area contributed by atoms with Crippen molar-refractivity contribution in [3.63, 3.8) is 0 Å². The highest BCUT2D eigenvalue weighted by Gasteiger charge is 2.51. The summed E-state index contributed by atoms with van der Waals surface area (Å²) in [5, 5.41) is 0. The lowest BCUT2D eigenvalue weighted by atomic mass is 9.70. The van der Waals surface area contributed by atoms with Gasteiger partial charge in [0.05, 0.1) is 5.41 Å². The third-order valence-electron chi connectivity index (χ3n) is 6.14. The molecule has 4 N–H and O–H groups in total. The average Bonchev–Trinajstić information content (AvgIpc) is 3.14. The summed E-state index contributed by atoms with van der Waals surface area (Å²) >= 11 is 0. The van der Waals surface area contributed by atoms with Gasteiger partial charge in [-0.1, -0.05) is 60.7 Å². The molecule has 0 radical (unpaired) electrons. The second-order valence-electron chi connectivity index (χ2n) is 7.45. The number of rotatable bonds is 0. The normalized spacial score (nSPS) is 14.5. The maximum absolute atomic E-state index is 6.17. The summed E-state index contributed by atoms with van der Waals surface area (Å²) in [6.07, 6.45) is 0. The molecule has 0 unspecified atom stereocenters. The molecule has 1 spiro atoms. The Morgan fingerprint density at radius 3 is 1.33 bits per heavy atom. The molecular weight excluding hydrogens is 328 g/mol. The largest absolute Gasteiger partial charge is 0.399 e. The van der Waals surface area contributed by atoms with Crippen molar-refractivity contribution < 1.29 is 0 Å². The van der Waals surface area contributed by atoms with Crippen LogP contribution in [0.25, 0.3) is 22.3 Å².